The van der Waals surface area contributed by atoms with Crippen LogP contribution in [0.25, 0.3) is 0 Å². The third-order valence-corrected chi connectivity index (χ3v) is 4.13. The van der Waals surface area contributed by atoms with Crippen molar-refractivity contribution in [2.75, 3.05) is 6.61 Å². The summed E-state index contributed by atoms with van der Waals surface area (Å²) >= 11 is 1.73. The van der Waals surface area contributed by atoms with E-state index >= 15 is 0 Å². The fourth-order valence-corrected chi connectivity index (χ4v) is 3.09. The van der Waals surface area contributed by atoms with Crippen LogP contribution in [0.3, 0.4) is 0 Å². The molecular weight excluding hydrogens is 234 g/mol. The number of rotatable bonds is 5. The van der Waals surface area contributed by atoms with Gasteiger partial charge >= 0.3 is 0 Å². The summed E-state index contributed by atoms with van der Waals surface area (Å²) in [6.45, 7) is 8.13. The van der Waals surface area contributed by atoms with E-state index in [0.29, 0.717) is 18.1 Å². The Balaban J connectivity index is 1.97. The number of hydrogen-bond acceptors (Lipinski definition) is 5. The van der Waals surface area contributed by atoms with E-state index in [0.717, 1.165) is 36.0 Å². The maximum Gasteiger partial charge on any atom is 0.131 e. The monoisotopic (exact) mass is 255 g/mol. The number of hydrogen-bond donors (Lipinski definition) is 1. The molecule has 96 valence electrons. The smallest absolute Gasteiger partial charge is 0.131 e. The molecule has 0 radical (unpaired) electrons. The minimum Gasteiger partial charge on any atom is -0.377 e. The van der Waals surface area contributed by atoms with Crippen LogP contribution in [0.1, 0.15) is 49.5 Å². The standard InChI is InChI=1S/C12H21N3OS/c1-4-10-9(5-6-16-10)12-15-14-11(17-12)7-13-8(2)3/h8-10,13H,4-7H2,1-3H3. The topological polar surface area (TPSA) is 47.0 Å². The van der Waals surface area contributed by atoms with Crippen molar-refractivity contribution in [1.82, 2.24) is 15.5 Å². The predicted molar refractivity (Wildman–Crippen MR) is 69.3 cm³/mol. The van der Waals surface area contributed by atoms with Crippen molar-refractivity contribution >= 4 is 11.3 Å². The van der Waals surface area contributed by atoms with Crippen molar-refractivity contribution in [2.45, 2.75) is 58.2 Å². The van der Waals surface area contributed by atoms with Crippen molar-refractivity contribution in [2.24, 2.45) is 0 Å². The molecule has 2 unspecified atom stereocenters. The van der Waals surface area contributed by atoms with Crippen molar-refractivity contribution < 1.29 is 4.74 Å². The highest BCUT2D eigenvalue weighted by Gasteiger charge is 2.30. The van der Waals surface area contributed by atoms with Gasteiger partial charge in [0.1, 0.15) is 10.0 Å². The highest BCUT2D eigenvalue weighted by molar-refractivity contribution is 7.11. The van der Waals surface area contributed by atoms with Crippen LogP contribution < -0.4 is 5.32 Å². The lowest BCUT2D eigenvalue weighted by atomic mass is 10.0. The maximum atomic E-state index is 5.70. The van der Waals surface area contributed by atoms with Gasteiger partial charge in [0.15, 0.2) is 0 Å². The summed E-state index contributed by atoms with van der Waals surface area (Å²) in [5, 5.41) is 14.2. The zero-order chi connectivity index (χ0) is 12.3. The number of nitrogens with zero attached hydrogens (tertiary/aromatic N) is 2. The Morgan fingerprint density at radius 1 is 1.47 bits per heavy atom. The van der Waals surface area contributed by atoms with Crippen LogP contribution in [0.4, 0.5) is 0 Å². The molecule has 0 bridgehead atoms. The molecule has 2 rings (SSSR count). The third kappa shape index (κ3) is 3.24. The molecule has 1 aliphatic rings. The summed E-state index contributed by atoms with van der Waals surface area (Å²) in [6, 6.07) is 0.487. The van der Waals surface area contributed by atoms with E-state index in [1.807, 2.05) is 0 Å². The Kier molecular flexibility index (Phi) is 4.48. The van der Waals surface area contributed by atoms with Crippen LogP contribution in [0, 0.1) is 0 Å². The van der Waals surface area contributed by atoms with Gasteiger partial charge in [-0.3, -0.25) is 0 Å². The zero-order valence-electron chi connectivity index (χ0n) is 10.8. The molecule has 1 fully saturated rings. The van der Waals surface area contributed by atoms with E-state index in [4.69, 9.17) is 4.74 Å². The fourth-order valence-electron chi connectivity index (χ4n) is 2.11. The predicted octanol–water partition coefficient (Wildman–Crippen LogP) is 2.32. The van der Waals surface area contributed by atoms with Crippen LogP contribution in [-0.2, 0) is 11.3 Å². The summed E-state index contributed by atoms with van der Waals surface area (Å²) in [7, 11) is 0. The molecule has 0 aliphatic carbocycles. The van der Waals surface area contributed by atoms with E-state index in [-0.39, 0.29) is 0 Å². The third-order valence-electron chi connectivity index (χ3n) is 3.07. The van der Waals surface area contributed by atoms with Gasteiger partial charge in [0.05, 0.1) is 6.10 Å². The summed E-state index contributed by atoms with van der Waals surface area (Å²) in [6.07, 6.45) is 2.49. The molecule has 4 nitrogen and oxygen atoms in total. The van der Waals surface area contributed by atoms with Crippen molar-refractivity contribution in [1.29, 1.82) is 0 Å². The Bertz CT molecular complexity index is 353. The maximum absolute atomic E-state index is 5.70. The quantitative estimate of drug-likeness (QED) is 0.877. The van der Waals surface area contributed by atoms with Crippen LogP contribution in [0.2, 0.25) is 0 Å². The molecule has 1 aliphatic heterocycles. The van der Waals surface area contributed by atoms with Gasteiger partial charge < -0.3 is 10.1 Å². The van der Waals surface area contributed by atoms with Gasteiger partial charge in [-0.1, -0.05) is 32.1 Å². The van der Waals surface area contributed by atoms with Gasteiger partial charge in [-0.05, 0) is 12.8 Å². The number of ether oxygens (including phenoxy) is 1. The van der Waals surface area contributed by atoms with Gasteiger partial charge in [-0.15, -0.1) is 10.2 Å². The second kappa shape index (κ2) is 5.89. The Morgan fingerprint density at radius 2 is 2.29 bits per heavy atom. The molecule has 0 saturated carbocycles. The summed E-state index contributed by atoms with van der Waals surface area (Å²) < 4.78 is 5.70. The number of nitrogens with one attached hydrogen (secondary N) is 1. The lowest BCUT2D eigenvalue weighted by Gasteiger charge is -2.12. The van der Waals surface area contributed by atoms with E-state index in [1.165, 1.54) is 0 Å². The molecule has 0 spiro atoms. The highest BCUT2D eigenvalue weighted by atomic mass is 32.1. The van der Waals surface area contributed by atoms with E-state index in [1.54, 1.807) is 11.3 Å². The van der Waals surface area contributed by atoms with Gasteiger partial charge in [0, 0.05) is 25.1 Å². The average molecular weight is 255 g/mol. The second-order valence-electron chi connectivity index (χ2n) is 4.78. The van der Waals surface area contributed by atoms with Crippen LogP contribution in [0.5, 0.6) is 0 Å². The molecule has 0 aromatic carbocycles. The molecule has 1 N–H and O–H groups in total. The molecule has 2 atom stereocenters. The van der Waals surface area contributed by atoms with Gasteiger partial charge in [0.2, 0.25) is 0 Å². The first-order chi connectivity index (χ1) is 8.20. The largest absolute Gasteiger partial charge is 0.377 e. The lowest BCUT2D eigenvalue weighted by molar-refractivity contribution is 0.100. The van der Waals surface area contributed by atoms with E-state index in [2.05, 4.69) is 36.3 Å². The minimum absolute atomic E-state index is 0.342. The molecule has 2 heterocycles. The van der Waals surface area contributed by atoms with E-state index in [9.17, 15) is 0 Å². The SMILES string of the molecule is CCC1OCCC1c1nnc(CNC(C)C)s1. The first kappa shape index (κ1) is 12.9. The van der Waals surface area contributed by atoms with Crippen LogP contribution in [0.15, 0.2) is 0 Å². The minimum atomic E-state index is 0.342. The molecule has 1 aromatic heterocycles. The first-order valence-corrected chi connectivity index (χ1v) is 7.19. The second-order valence-corrected chi connectivity index (χ2v) is 5.88. The van der Waals surface area contributed by atoms with Crippen molar-refractivity contribution in [3.63, 3.8) is 0 Å². The summed E-state index contributed by atoms with van der Waals surface area (Å²) in [5.41, 5.74) is 0. The summed E-state index contributed by atoms with van der Waals surface area (Å²) in [4.78, 5) is 0. The van der Waals surface area contributed by atoms with Crippen LogP contribution in [-0.4, -0.2) is 29.0 Å². The zero-order valence-corrected chi connectivity index (χ0v) is 11.6. The fraction of sp³-hybridized carbons (Fsp3) is 0.833. The molecular formula is C12H21N3OS. The van der Waals surface area contributed by atoms with Gasteiger partial charge in [-0.25, -0.2) is 0 Å². The molecule has 1 aromatic rings. The average Bonchev–Trinajstić information content (AvgIpc) is 2.94. The van der Waals surface area contributed by atoms with Crippen molar-refractivity contribution in [3.8, 4) is 0 Å². The van der Waals surface area contributed by atoms with Crippen molar-refractivity contribution in [3.05, 3.63) is 10.0 Å². The highest BCUT2D eigenvalue weighted by Crippen LogP contribution is 2.34. The normalized spacial score (nSPS) is 24.7. The molecule has 0 amide bonds. The lowest BCUT2D eigenvalue weighted by Crippen LogP contribution is -2.21. The Morgan fingerprint density at radius 3 is 3.00 bits per heavy atom. The Labute approximate surface area is 107 Å². The molecule has 17 heavy (non-hydrogen) atoms. The van der Waals surface area contributed by atoms with Gasteiger partial charge in [-0.2, -0.15) is 0 Å². The first-order valence-electron chi connectivity index (χ1n) is 6.38. The number of aromatic nitrogens is 2. The molecule has 1 saturated heterocycles. The molecule has 5 heteroatoms. The van der Waals surface area contributed by atoms with Crippen LogP contribution >= 0.6 is 11.3 Å². The Hall–Kier alpha value is -0.520. The van der Waals surface area contributed by atoms with Gasteiger partial charge in [0.25, 0.3) is 0 Å². The summed E-state index contributed by atoms with van der Waals surface area (Å²) in [5.74, 6) is 0.463. The van der Waals surface area contributed by atoms with E-state index < -0.39 is 0 Å².